The molecule has 19 heavy (non-hydrogen) atoms. The van der Waals surface area contributed by atoms with Crippen LogP contribution in [0.3, 0.4) is 0 Å². The lowest BCUT2D eigenvalue weighted by Gasteiger charge is -2.22. The molecule has 1 saturated heterocycles. The Bertz CT molecular complexity index is 398. The van der Waals surface area contributed by atoms with Gasteiger partial charge in [-0.15, -0.1) is 23.4 Å². The summed E-state index contributed by atoms with van der Waals surface area (Å²) in [4.78, 5) is 3.78. The number of allylic oxidation sites excluding steroid dienone is 2. The Kier molecular flexibility index (Phi) is 4.28. The summed E-state index contributed by atoms with van der Waals surface area (Å²) in [5.41, 5.74) is 0. The maximum absolute atomic E-state index is 6.42. The molecule has 106 valence electrons. The second-order valence-corrected chi connectivity index (χ2v) is 7.75. The van der Waals surface area contributed by atoms with Crippen LogP contribution in [0, 0.1) is 5.92 Å². The second-order valence-electron chi connectivity index (χ2n) is 5.87. The van der Waals surface area contributed by atoms with Crippen LogP contribution in [-0.2, 0) is 4.74 Å². The number of likely N-dealkylation sites (N-methyl/N-ethyl adjacent to an activating group) is 1. The number of hydrogen-bond donors (Lipinski definition) is 0. The quantitative estimate of drug-likeness (QED) is 0.584. The summed E-state index contributed by atoms with van der Waals surface area (Å²) in [6, 6.07) is 0.651. The van der Waals surface area contributed by atoms with Crippen molar-refractivity contribution in [3.05, 3.63) is 23.1 Å². The summed E-state index contributed by atoms with van der Waals surface area (Å²) in [7, 11) is 4.00. The van der Waals surface area contributed by atoms with E-state index in [9.17, 15) is 0 Å². The Morgan fingerprint density at radius 3 is 2.84 bits per heavy atom. The summed E-state index contributed by atoms with van der Waals surface area (Å²) >= 11 is 8.44. The van der Waals surface area contributed by atoms with E-state index in [0.29, 0.717) is 23.3 Å². The molecule has 1 heterocycles. The molecule has 1 saturated carbocycles. The normalized spacial score (nSPS) is 45.3. The highest BCUT2D eigenvalue weighted by atomic mass is 35.5. The molecule has 0 spiro atoms. The fourth-order valence-electron chi connectivity index (χ4n) is 3.13. The molecule has 0 aromatic carbocycles. The van der Waals surface area contributed by atoms with Crippen LogP contribution >= 0.6 is 23.4 Å². The Balaban J connectivity index is 1.60. The predicted molar refractivity (Wildman–Crippen MR) is 82.8 cm³/mol. The number of hydrogen-bond acceptors (Lipinski definition) is 3. The van der Waals surface area contributed by atoms with E-state index in [2.05, 4.69) is 30.2 Å². The fraction of sp³-hybridized carbons (Fsp3) is 0.733. The Hall–Kier alpha value is 0.0400. The fourth-order valence-corrected chi connectivity index (χ4v) is 4.79. The zero-order valence-corrected chi connectivity index (χ0v) is 13.2. The van der Waals surface area contributed by atoms with Crippen LogP contribution < -0.4 is 0 Å². The van der Waals surface area contributed by atoms with Crippen molar-refractivity contribution in [2.75, 3.05) is 20.7 Å². The molecule has 2 aliphatic carbocycles. The molecule has 2 nitrogen and oxygen atoms in total. The SMILES string of the molecule is COC1CCC(SC2=CC(C3CN3C)C(Cl)C=C2)C1. The number of rotatable bonds is 4. The lowest BCUT2D eigenvalue weighted by molar-refractivity contribution is 0.109. The van der Waals surface area contributed by atoms with Crippen molar-refractivity contribution in [3.63, 3.8) is 0 Å². The first-order valence-electron chi connectivity index (χ1n) is 7.11. The van der Waals surface area contributed by atoms with Crippen molar-refractivity contribution in [3.8, 4) is 0 Å². The third-order valence-corrected chi connectivity index (χ3v) is 6.24. The van der Waals surface area contributed by atoms with E-state index in [1.807, 2.05) is 18.9 Å². The third-order valence-electron chi connectivity index (χ3n) is 4.49. The molecular formula is C15H22ClNOS. The minimum atomic E-state index is 0.162. The van der Waals surface area contributed by atoms with Gasteiger partial charge in [0.2, 0.25) is 0 Å². The van der Waals surface area contributed by atoms with Gasteiger partial charge in [-0.3, -0.25) is 4.90 Å². The summed E-state index contributed by atoms with van der Waals surface area (Å²) in [6.45, 7) is 1.19. The van der Waals surface area contributed by atoms with Crippen molar-refractivity contribution < 1.29 is 4.74 Å². The largest absolute Gasteiger partial charge is 0.381 e. The molecule has 6 atom stereocenters. The Morgan fingerprint density at radius 2 is 2.21 bits per heavy atom. The minimum Gasteiger partial charge on any atom is -0.381 e. The number of alkyl halides is 1. The monoisotopic (exact) mass is 299 g/mol. The lowest BCUT2D eigenvalue weighted by atomic mass is 9.96. The molecule has 6 unspecified atom stereocenters. The van der Waals surface area contributed by atoms with Crippen LogP contribution in [0.1, 0.15) is 19.3 Å². The zero-order valence-electron chi connectivity index (χ0n) is 11.6. The smallest absolute Gasteiger partial charge is 0.0598 e. The minimum absolute atomic E-state index is 0.162. The number of thioether (sulfide) groups is 1. The van der Waals surface area contributed by atoms with E-state index in [-0.39, 0.29) is 5.38 Å². The van der Waals surface area contributed by atoms with Crippen molar-refractivity contribution in [2.45, 2.75) is 42.0 Å². The van der Waals surface area contributed by atoms with E-state index in [4.69, 9.17) is 16.3 Å². The number of nitrogens with zero attached hydrogens (tertiary/aromatic N) is 1. The van der Waals surface area contributed by atoms with E-state index in [1.165, 1.54) is 30.7 Å². The molecule has 3 aliphatic rings. The maximum Gasteiger partial charge on any atom is 0.0598 e. The van der Waals surface area contributed by atoms with Gasteiger partial charge in [-0.05, 0) is 26.3 Å². The van der Waals surface area contributed by atoms with Crippen molar-refractivity contribution in [1.29, 1.82) is 0 Å². The van der Waals surface area contributed by atoms with Crippen LogP contribution in [0.5, 0.6) is 0 Å². The molecule has 3 rings (SSSR count). The summed E-state index contributed by atoms with van der Waals surface area (Å²) in [5.74, 6) is 0.485. The molecule has 2 fully saturated rings. The van der Waals surface area contributed by atoms with Crippen molar-refractivity contribution in [1.82, 2.24) is 4.90 Å². The van der Waals surface area contributed by atoms with Gasteiger partial charge in [0.25, 0.3) is 0 Å². The van der Waals surface area contributed by atoms with Gasteiger partial charge in [0, 0.05) is 35.8 Å². The zero-order chi connectivity index (χ0) is 13.4. The molecule has 1 aliphatic heterocycles. The first-order valence-corrected chi connectivity index (χ1v) is 8.42. The van der Waals surface area contributed by atoms with E-state index >= 15 is 0 Å². The first-order chi connectivity index (χ1) is 9.17. The van der Waals surface area contributed by atoms with Gasteiger partial charge < -0.3 is 4.74 Å². The molecular weight excluding hydrogens is 278 g/mol. The third kappa shape index (κ3) is 3.21. The van der Waals surface area contributed by atoms with Crippen LogP contribution in [0.25, 0.3) is 0 Å². The topological polar surface area (TPSA) is 12.2 Å². The van der Waals surface area contributed by atoms with Gasteiger partial charge in [0.05, 0.1) is 11.5 Å². The van der Waals surface area contributed by atoms with Gasteiger partial charge >= 0.3 is 0 Å². The lowest BCUT2D eigenvalue weighted by Crippen LogP contribution is -2.21. The van der Waals surface area contributed by atoms with Gasteiger partial charge in [-0.25, -0.2) is 0 Å². The second kappa shape index (κ2) is 5.80. The van der Waals surface area contributed by atoms with E-state index in [0.717, 1.165) is 0 Å². The van der Waals surface area contributed by atoms with Crippen LogP contribution in [0.4, 0.5) is 0 Å². The maximum atomic E-state index is 6.42. The van der Waals surface area contributed by atoms with Crippen LogP contribution in [0.2, 0.25) is 0 Å². The highest BCUT2D eigenvalue weighted by Gasteiger charge is 2.40. The van der Waals surface area contributed by atoms with E-state index < -0.39 is 0 Å². The van der Waals surface area contributed by atoms with Gasteiger partial charge in [0.1, 0.15) is 0 Å². The van der Waals surface area contributed by atoms with Gasteiger partial charge in [0.15, 0.2) is 0 Å². The van der Waals surface area contributed by atoms with Crippen LogP contribution in [-0.4, -0.2) is 48.4 Å². The highest BCUT2D eigenvalue weighted by Crippen LogP contribution is 2.41. The number of ether oxygens (including phenoxy) is 1. The molecule has 4 heteroatoms. The van der Waals surface area contributed by atoms with Gasteiger partial charge in [-0.1, -0.05) is 18.2 Å². The molecule has 0 amide bonds. The van der Waals surface area contributed by atoms with Gasteiger partial charge in [-0.2, -0.15) is 0 Å². The Morgan fingerprint density at radius 1 is 1.42 bits per heavy atom. The molecule has 0 aromatic rings. The molecule has 0 radical (unpaired) electrons. The Labute approximate surface area is 125 Å². The molecule has 0 aromatic heterocycles. The number of methoxy groups -OCH3 is 1. The van der Waals surface area contributed by atoms with Crippen molar-refractivity contribution >= 4 is 23.4 Å². The summed E-state index contributed by atoms with van der Waals surface area (Å²) < 4.78 is 5.45. The summed E-state index contributed by atoms with van der Waals surface area (Å²) in [5, 5.41) is 0.875. The average Bonchev–Trinajstić information content (AvgIpc) is 2.96. The first kappa shape index (κ1) is 14.0. The highest BCUT2D eigenvalue weighted by molar-refractivity contribution is 8.03. The van der Waals surface area contributed by atoms with Crippen LogP contribution in [0.15, 0.2) is 23.1 Å². The predicted octanol–water partition coefficient (Wildman–Crippen LogP) is 3.28. The summed E-state index contributed by atoms with van der Waals surface area (Å²) in [6.07, 6.45) is 10.9. The average molecular weight is 300 g/mol. The van der Waals surface area contributed by atoms with E-state index in [1.54, 1.807) is 0 Å². The molecule has 0 bridgehead atoms. The standard InChI is InChI=1S/C15H22ClNOS/c1-17-9-15(17)13-8-12(5-6-14(13)16)19-11-4-3-10(7-11)18-2/h5-6,8,10-11,13-15H,3-4,7,9H2,1-2H3. The number of halogens is 1. The van der Waals surface area contributed by atoms with Crippen molar-refractivity contribution in [2.24, 2.45) is 5.92 Å². The molecule has 0 N–H and O–H groups in total.